The summed E-state index contributed by atoms with van der Waals surface area (Å²) in [7, 11) is 6.50. The van der Waals surface area contributed by atoms with E-state index >= 15 is 0 Å². The quantitative estimate of drug-likeness (QED) is 0.697. The van der Waals surface area contributed by atoms with Crippen LogP contribution < -0.4 is 5.32 Å². The maximum Gasteiger partial charge on any atom is 0.0325 e. The van der Waals surface area contributed by atoms with E-state index in [1.54, 1.807) is 0 Å². The molecule has 15 heavy (non-hydrogen) atoms. The van der Waals surface area contributed by atoms with E-state index in [1.807, 2.05) is 0 Å². The van der Waals surface area contributed by atoms with Crippen molar-refractivity contribution in [1.29, 1.82) is 0 Å². The second-order valence-corrected chi connectivity index (χ2v) is 5.47. The molecule has 0 heterocycles. The van der Waals surface area contributed by atoms with Crippen LogP contribution in [0.5, 0.6) is 0 Å². The normalized spacial score (nSPS) is 22.8. The molecule has 0 radical (unpaired) electrons. The molecule has 1 fully saturated rings. The lowest BCUT2D eigenvalue weighted by Gasteiger charge is -2.43. The Labute approximate surface area is 95.4 Å². The maximum atomic E-state index is 3.52. The van der Waals surface area contributed by atoms with Crippen LogP contribution in [0.4, 0.5) is 0 Å². The van der Waals surface area contributed by atoms with E-state index in [9.17, 15) is 0 Å². The molecule has 1 aliphatic carbocycles. The summed E-state index contributed by atoms with van der Waals surface area (Å²) in [5.74, 6) is 1.05. The van der Waals surface area contributed by atoms with Crippen LogP contribution in [-0.2, 0) is 0 Å². The number of hydrogen-bond acceptors (Lipinski definition) is 2. The van der Waals surface area contributed by atoms with E-state index < -0.39 is 0 Å². The first kappa shape index (κ1) is 13.0. The lowest BCUT2D eigenvalue weighted by atomic mass is 9.85. The molecule has 2 unspecified atom stereocenters. The summed E-state index contributed by atoms with van der Waals surface area (Å²) in [6.07, 6.45) is 6.89. The zero-order valence-electron chi connectivity index (χ0n) is 11.1. The van der Waals surface area contributed by atoms with Crippen molar-refractivity contribution in [3.8, 4) is 0 Å². The van der Waals surface area contributed by atoms with Crippen LogP contribution in [-0.4, -0.2) is 37.6 Å². The summed E-state index contributed by atoms with van der Waals surface area (Å²) < 4.78 is 0. The third kappa shape index (κ3) is 3.18. The van der Waals surface area contributed by atoms with Gasteiger partial charge in [0.2, 0.25) is 0 Å². The van der Waals surface area contributed by atoms with Crippen molar-refractivity contribution in [1.82, 2.24) is 10.2 Å². The zero-order valence-corrected chi connectivity index (χ0v) is 11.1. The Balaban J connectivity index is 2.51. The Bertz CT molecular complexity index is 187. The highest BCUT2D eigenvalue weighted by Crippen LogP contribution is 2.35. The standard InChI is InChI=1S/C13H28N2/c1-6-13(2,15(4)5)12(14-3)10-9-11-7-8-11/h11-12,14H,6-10H2,1-5H3. The lowest BCUT2D eigenvalue weighted by Crippen LogP contribution is -2.56. The van der Waals surface area contributed by atoms with Gasteiger partial charge in [-0.2, -0.15) is 0 Å². The summed E-state index contributed by atoms with van der Waals surface area (Å²) in [5.41, 5.74) is 0.295. The zero-order chi connectivity index (χ0) is 11.5. The molecule has 1 saturated carbocycles. The smallest absolute Gasteiger partial charge is 0.0325 e. The van der Waals surface area contributed by atoms with Crippen LogP contribution in [0.15, 0.2) is 0 Å². The molecule has 1 N–H and O–H groups in total. The predicted octanol–water partition coefficient (Wildman–Crippen LogP) is 2.49. The van der Waals surface area contributed by atoms with Gasteiger partial charge in [-0.25, -0.2) is 0 Å². The monoisotopic (exact) mass is 212 g/mol. The number of nitrogens with one attached hydrogen (secondary N) is 1. The summed E-state index contributed by atoms with van der Waals surface area (Å²) in [6, 6.07) is 0.623. The first-order valence-electron chi connectivity index (χ1n) is 6.39. The Morgan fingerprint density at radius 3 is 2.33 bits per heavy atom. The Hall–Kier alpha value is -0.0800. The van der Waals surface area contributed by atoms with Gasteiger partial charge in [-0.05, 0) is 53.2 Å². The fourth-order valence-corrected chi connectivity index (χ4v) is 2.45. The van der Waals surface area contributed by atoms with Crippen LogP contribution in [0.25, 0.3) is 0 Å². The summed E-state index contributed by atoms with van der Waals surface area (Å²) >= 11 is 0. The van der Waals surface area contributed by atoms with Crippen LogP contribution in [0, 0.1) is 5.92 Å². The van der Waals surface area contributed by atoms with Crippen molar-refractivity contribution < 1.29 is 0 Å². The Morgan fingerprint density at radius 2 is 2.00 bits per heavy atom. The highest BCUT2D eigenvalue weighted by Gasteiger charge is 2.34. The summed E-state index contributed by atoms with van der Waals surface area (Å²) in [6.45, 7) is 4.67. The second-order valence-electron chi connectivity index (χ2n) is 5.47. The van der Waals surface area contributed by atoms with E-state index in [2.05, 4.69) is 45.2 Å². The van der Waals surface area contributed by atoms with Gasteiger partial charge in [-0.15, -0.1) is 0 Å². The van der Waals surface area contributed by atoms with Crippen molar-refractivity contribution in [2.45, 2.75) is 57.5 Å². The minimum atomic E-state index is 0.295. The van der Waals surface area contributed by atoms with Crippen molar-refractivity contribution in [3.63, 3.8) is 0 Å². The molecule has 0 aromatic carbocycles. The van der Waals surface area contributed by atoms with Gasteiger partial charge in [-0.1, -0.05) is 19.8 Å². The van der Waals surface area contributed by atoms with E-state index in [4.69, 9.17) is 0 Å². The molecule has 1 rings (SSSR count). The van der Waals surface area contributed by atoms with E-state index in [0.29, 0.717) is 11.6 Å². The summed E-state index contributed by atoms with van der Waals surface area (Å²) in [4.78, 5) is 2.38. The molecular weight excluding hydrogens is 184 g/mol. The minimum absolute atomic E-state index is 0.295. The fourth-order valence-electron chi connectivity index (χ4n) is 2.45. The molecular formula is C13H28N2. The molecule has 90 valence electrons. The van der Waals surface area contributed by atoms with Crippen molar-refractivity contribution in [2.75, 3.05) is 21.1 Å². The van der Waals surface area contributed by atoms with Gasteiger partial charge >= 0.3 is 0 Å². The van der Waals surface area contributed by atoms with Gasteiger partial charge in [-0.3, -0.25) is 0 Å². The van der Waals surface area contributed by atoms with Gasteiger partial charge < -0.3 is 10.2 Å². The first-order valence-corrected chi connectivity index (χ1v) is 6.39. The van der Waals surface area contributed by atoms with E-state index in [1.165, 1.54) is 32.1 Å². The van der Waals surface area contributed by atoms with Gasteiger partial charge in [0.15, 0.2) is 0 Å². The minimum Gasteiger partial charge on any atom is -0.315 e. The Morgan fingerprint density at radius 1 is 1.40 bits per heavy atom. The molecule has 0 bridgehead atoms. The molecule has 0 amide bonds. The lowest BCUT2D eigenvalue weighted by molar-refractivity contribution is 0.110. The average molecular weight is 212 g/mol. The number of rotatable bonds is 7. The van der Waals surface area contributed by atoms with Crippen LogP contribution in [0.2, 0.25) is 0 Å². The topological polar surface area (TPSA) is 15.3 Å². The second kappa shape index (κ2) is 5.31. The van der Waals surface area contributed by atoms with E-state index in [-0.39, 0.29) is 0 Å². The SMILES string of the molecule is CCC(C)(C(CCC1CC1)NC)N(C)C. The molecule has 2 nitrogen and oxygen atoms in total. The molecule has 0 aromatic heterocycles. The van der Waals surface area contributed by atoms with E-state index in [0.717, 1.165) is 5.92 Å². The van der Waals surface area contributed by atoms with Gasteiger partial charge in [0.05, 0.1) is 0 Å². The predicted molar refractivity (Wildman–Crippen MR) is 67.2 cm³/mol. The van der Waals surface area contributed by atoms with Gasteiger partial charge in [0.1, 0.15) is 0 Å². The largest absolute Gasteiger partial charge is 0.315 e. The fraction of sp³-hybridized carbons (Fsp3) is 1.00. The number of likely N-dealkylation sites (N-methyl/N-ethyl adjacent to an activating group) is 2. The number of nitrogens with zero attached hydrogens (tertiary/aromatic N) is 1. The van der Waals surface area contributed by atoms with Crippen molar-refractivity contribution in [2.24, 2.45) is 5.92 Å². The molecule has 0 aliphatic heterocycles. The first-order chi connectivity index (χ1) is 7.04. The van der Waals surface area contributed by atoms with Crippen LogP contribution >= 0.6 is 0 Å². The molecule has 2 atom stereocenters. The molecule has 0 saturated heterocycles. The Kier molecular flexibility index (Phi) is 4.60. The molecule has 1 aliphatic rings. The average Bonchev–Trinajstić information content (AvgIpc) is 3.01. The third-order valence-electron chi connectivity index (χ3n) is 4.40. The van der Waals surface area contributed by atoms with Crippen LogP contribution in [0.3, 0.4) is 0 Å². The van der Waals surface area contributed by atoms with Gasteiger partial charge in [0.25, 0.3) is 0 Å². The maximum absolute atomic E-state index is 3.52. The third-order valence-corrected chi connectivity index (χ3v) is 4.40. The van der Waals surface area contributed by atoms with Gasteiger partial charge in [0, 0.05) is 11.6 Å². The highest BCUT2D eigenvalue weighted by atomic mass is 15.2. The van der Waals surface area contributed by atoms with Crippen molar-refractivity contribution >= 4 is 0 Å². The molecule has 2 heteroatoms. The molecule has 0 spiro atoms. The van der Waals surface area contributed by atoms with Crippen molar-refractivity contribution in [3.05, 3.63) is 0 Å². The highest BCUT2D eigenvalue weighted by molar-refractivity contribution is 4.94. The number of hydrogen-bond donors (Lipinski definition) is 1. The molecule has 0 aromatic rings. The summed E-state index contributed by atoms with van der Waals surface area (Å²) in [5, 5.41) is 3.52. The van der Waals surface area contributed by atoms with Crippen LogP contribution in [0.1, 0.15) is 46.0 Å².